The molecule has 0 aliphatic rings. The fourth-order valence-electron chi connectivity index (χ4n) is 4.19. The van der Waals surface area contributed by atoms with Crippen molar-refractivity contribution in [2.75, 3.05) is 0 Å². The number of H-pyrrole nitrogens is 2. The molecule has 7 aromatic rings. The van der Waals surface area contributed by atoms with Gasteiger partial charge in [-0.25, -0.2) is 0 Å². The van der Waals surface area contributed by atoms with Crippen LogP contribution in [0.2, 0.25) is 0 Å². The Balaban J connectivity index is 1.34. The van der Waals surface area contributed by atoms with Crippen molar-refractivity contribution in [3.63, 3.8) is 0 Å². The Bertz CT molecular complexity index is 1590. The Morgan fingerprint density at radius 1 is 0.485 bits per heavy atom. The average Bonchev–Trinajstić information content (AvgIpc) is 3.69. The molecule has 5 aromatic heterocycles. The Labute approximate surface area is 200 Å². The third kappa shape index (κ3) is 2.97. The Morgan fingerprint density at radius 3 is 1.33 bits per heavy atom. The molecule has 33 heavy (non-hydrogen) atoms. The van der Waals surface area contributed by atoms with Crippen LogP contribution < -0.4 is 0 Å². The number of benzene rings is 2. The third-order valence-electron chi connectivity index (χ3n) is 5.74. The molecule has 158 valence electrons. The van der Waals surface area contributed by atoms with E-state index < -0.39 is 0 Å². The summed E-state index contributed by atoms with van der Waals surface area (Å²) in [4.78, 5) is 8.87. The second-order valence-electron chi connectivity index (χ2n) is 7.58. The molecule has 9 heteroatoms. The van der Waals surface area contributed by atoms with E-state index in [4.69, 9.17) is 0 Å². The SMILES string of the molecule is c1c[nH]c(-c2ccc(-c3ccc(-c4ccc(-c5ccc[nH]5)c5nsnc45)s3)c3nsnc23)c1. The first-order chi connectivity index (χ1) is 16.4. The van der Waals surface area contributed by atoms with Gasteiger partial charge in [-0.1, -0.05) is 12.1 Å². The molecule has 0 aliphatic carbocycles. The minimum absolute atomic E-state index is 0.927. The van der Waals surface area contributed by atoms with E-state index in [0.717, 1.165) is 65.5 Å². The fraction of sp³-hybridized carbons (Fsp3) is 0. The molecule has 2 N–H and O–H groups in total. The van der Waals surface area contributed by atoms with Gasteiger partial charge in [0.15, 0.2) is 0 Å². The third-order valence-corrected chi connectivity index (χ3v) is 7.95. The van der Waals surface area contributed by atoms with E-state index in [9.17, 15) is 0 Å². The van der Waals surface area contributed by atoms with Crippen LogP contribution in [0.4, 0.5) is 0 Å². The summed E-state index contributed by atoms with van der Waals surface area (Å²) in [7, 11) is 0. The largest absolute Gasteiger partial charge is 0.361 e. The smallest absolute Gasteiger partial charge is 0.114 e. The molecule has 0 atom stereocenters. The van der Waals surface area contributed by atoms with Gasteiger partial charge in [0, 0.05) is 55.8 Å². The van der Waals surface area contributed by atoms with E-state index in [-0.39, 0.29) is 0 Å². The molecule has 0 fully saturated rings. The number of rotatable bonds is 4. The normalized spacial score (nSPS) is 11.6. The van der Waals surface area contributed by atoms with Crippen LogP contribution >= 0.6 is 34.8 Å². The van der Waals surface area contributed by atoms with E-state index in [2.05, 4.69) is 76.0 Å². The molecule has 0 bridgehead atoms. The Hall–Kier alpha value is -3.66. The molecule has 6 nitrogen and oxygen atoms in total. The molecule has 7 rings (SSSR count). The van der Waals surface area contributed by atoms with Crippen LogP contribution in [0, 0.1) is 0 Å². The standard InChI is InChI=1S/C24H14N6S3/c1-3-17(25-11-1)13-5-7-15(23-21(13)27-32-29-23)19-9-10-20(31-19)16-8-6-14(18-4-2-12-26-18)22-24(16)30-33-28-22/h1-12,25-26H. The van der Waals surface area contributed by atoms with Crippen LogP contribution in [0.5, 0.6) is 0 Å². The highest BCUT2D eigenvalue weighted by Crippen LogP contribution is 2.42. The number of aromatic nitrogens is 6. The fourth-order valence-corrected chi connectivity index (χ4v) is 6.39. The lowest BCUT2D eigenvalue weighted by Crippen LogP contribution is -1.84. The number of nitrogens with zero attached hydrogens (tertiary/aromatic N) is 4. The maximum atomic E-state index is 4.63. The zero-order valence-electron chi connectivity index (χ0n) is 16.9. The number of aromatic amines is 2. The monoisotopic (exact) mass is 482 g/mol. The van der Waals surface area contributed by atoms with Gasteiger partial charge < -0.3 is 9.97 Å². The van der Waals surface area contributed by atoms with Crippen molar-refractivity contribution in [2.24, 2.45) is 0 Å². The predicted octanol–water partition coefficient (Wildman–Crippen LogP) is 7.08. The average molecular weight is 483 g/mol. The predicted molar refractivity (Wildman–Crippen MR) is 137 cm³/mol. The highest BCUT2D eigenvalue weighted by atomic mass is 32.1. The Kier molecular flexibility index (Phi) is 4.26. The molecule has 0 amide bonds. The van der Waals surface area contributed by atoms with Gasteiger partial charge in [0.25, 0.3) is 0 Å². The van der Waals surface area contributed by atoms with Crippen LogP contribution in [-0.4, -0.2) is 27.5 Å². The minimum Gasteiger partial charge on any atom is -0.361 e. The summed E-state index contributed by atoms with van der Waals surface area (Å²) in [5, 5.41) is 0. The second kappa shape index (κ2) is 7.45. The van der Waals surface area contributed by atoms with Gasteiger partial charge >= 0.3 is 0 Å². The summed E-state index contributed by atoms with van der Waals surface area (Å²) in [6.07, 6.45) is 3.85. The quantitative estimate of drug-likeness (QED) is 0.281. The van der Waals surface area contributed by atoms with Gasteiger partial charge in [-0.2, -0.15) is 17.5 Å². The first-order valence-corrected chi connectivity index (χ1v) is 12.5. The summed E-state index contributed by atoms with van der Waals surface area (Å²) in [6, 6.07) is 21.0. The first-order valence-electron chi connectivity index (χ1n) is 10.3. The minimum atomic E-state index is 0.927. The lowest BCUT2D eigenvalue weighted by atomic mass is 10.0. The zero-order chi connectivity index (χ0) is 21.8. The van der Waals surface area contributed by atoms with Crippen LogP contribution in [-0.2, 0) is 0 Å². The highest BCUT2D eigenvalue weighted by molar-refractivity contribution is 7.19. The number of nitrogens with one attached hydrogen (secondary N) is 2. The number of fused-ring (bicyclic) bond motifs is 2. The van der Waals surface area contributed by atoms with Gasteiger partial charge in [0.1, 0.15) is 22.1 Å². The number of hydrogen-bond acceptors (Lipinski definition) is 7. The van der Waals surface area contributed by atoms with Gasteiger partial charge in [-0.05, 0) is 48.5 Å². The van der Waals surface area contributed by atoms with E-state index in [1.165, 1.54) is 23.5 Å². The zero-order valence-corrected chi connectivity index (χ0v) is 19.4. The van der Waals surface area contributed by atoms with Gasteiger partial charge in [0.05, 0.1) is 23.5 Å². The number of thiophene rings is 1. The summed E-state index contributed by atoms with van der Waals surface area (Å²) in [6.45, 7) is 0. The Morgan fingerprint density at radius 2 is 0.909 bits per heavy atom. The number of hydrogen-bond donors (Lipinski definition) is 2. The van der Waals surface area contributed by atoms with Crippen LogP contribution in [0.15, 0.2) is 73.1 Å². The van der Waals surface area contributed by atoms with Gasteiger partial charge in [-0.3, -0.25) is 0 Å². The van der Waals surface area contributed by atoms with Crippen molar-refractivity contribution < 1.29 is 0 Å². The summed E-state index contributed by atoms with van der Waals surface area (Å²) in [5.74, 6) is 0. The molecule has 0 saturated carbocycles. The maximum Gasteiger partial charge on any atom is 0.114 e. The molecule has 0 spiro atoms. The molecule has 2 aromatic carbocycles. The van der Waals surface area contributed by atoms with E-state index in [1.54, 1.807) is 11.3 Å². The molecule has 5 heterocycles. The maximum absolute atomic E-state index is 4.63. The molecule has 0 saturated heterocycles. The van der Waals surface area contributed by atoms with Crippen LogP contribution in [0.1, 0.15) is 0 Å². The second-order valence-corrected chi connectivity index (χ2v) is 9.72. The van der Waals surface area contributed by atoms with Crippen molar-refractivity contribution in [3.05, 3.63) is 73.1 Å². The molecular formula is C24H14N6S3. The van der Waals surface area contributed by atoms with Crippen LogP contribution in [0.3, 0.4) is 0 Å². The van der Waals surface area contributed by atoms with Crippen molar-refractivity contribution in [3.8, 4) is 43.4 Å². The van der Waals surface area contributed by atoms with E-state index in [0.29, 0.717) is 0 Å². The van der Waals surface area contributed by atoms with E-state index >= 15 is 0 Å². The molecule has 0 aliphatic heterocycles. The van der Waals surface area contributed by atoms with Crippen LogP contribution in [0.25, 0.3) is 65.5 Å². The highest BCUT2D eigenvalue weighted by Gasteiger charge is 2.18. The summed E-state index contributed by atoms with van der Waals surface area (Å²) >= 11 is 4.24. The lowest BCUT2D eigenvalue weighted by Gasteiger charge is -2.05. The van der Waals surface area contributed by atoms with Crippen molar-refractivity contribution in [2.45, 2.75) is 0 Å². The molecule has 0 unspecified atom stereocenters. The van der Waals surface area contributed by atoms with Gasteiger partial charge in [-0.15, -0.1) is 11.3 Å². The molecule has 0 radical (unpaired) electrons. The van der Waals surface area contributed by atoms with Crippen molar-refractivity contribution in [1.82, 2.24) is 27.5 Å². The van der Waals surface area contributed by atoms with Crippen molar-refractivity contribution in [1.29, 1.82) is 0 Å². The van der Waals surface area contributed by atoms with Gasteiger partial charge in [0.2, 0.25) is 0 Å². The van der Waals surface area contributed by atoms with E-state index in [1.807, 2.05) is 24.5 Å². The molecular weight excluding hydrogens is 469 g/mol. The lowest BCUT2D eigenvalue weighted by molar-refractivity contribution is 1.40. The summed E-state index contributed by atoms with van der Waals surface area (Å²) in [5.41, 5.74) is 10.2. The topological polar surface area (TPSA) is 83.1 Å². The first kappa shape index (κ1) is 18.9. The summed E-state index contributed by atoms with van der Waals surface area (Å²) < 4.78 is 18.4. The van der Waals surface area contributed by atoms with Crippen molar-refractivity contribution >= 4 is 56.9 Å².